The molecule has 30 atom stereocenters. The Hall–Kier alpha value is -6.23. The summed E-state index contributed by atoms with van der Waals surface area (Å²) in [7, 11) is 0. The highest BCUT2D eigenvalue weighted by molar-refractivity contribution is 5.92. The minimum Gasteiger partial charge on any atom is -0.394 e. The molecule has 44 nitrogen and oxygen atoms in total. The standard InChI is InChI=1S/C92H152N12O32/c1-7-58-44-60(46-65(81(58)135-91-78(115)76(113)72(109)53(4)127-91)132-90-71(96-55(6)107)83(75(112)70(51-106)134-90)130-68(88(121)102-28-17-29-102)43-57-20-13-10-14-21-57)64(108)22-15-23-93-85(118)62-48-103(99-97-62)30-32-122-34-36-124-38-40-126-41-39-125-37-35-123-33-31-104-49-63(98-100-104)86(119)95-25-24-94-84(117)61-45-59(8-2)82(136-92-79(116)77(114)73(110)54(5)128-92)66(47-61)131-89-52(3)80(74(111)69(50-105)133-89)129-67(87(120)101-26-16-27-101)42-56-18-11-9-12-19-56/h48-49,52-54,56-61,65-83,89-92,105-106,109-116H,7-47,50-51H2,1-6H3,(H,93,118)(H,94,117)(H,95,119)(H,96,107)/t52-,53+,54+,58+,59+,60-,61-,65-,66-,67+,68+,69-,70-,71-,72-,73-,74+,75+,76-,77-,78+,79+,80-,81-,82-,83-,89?,90-,91+,92?/m1/s1. The fourth-order valence-electron chi connectivity index (χ4n) is 20.2. The topological polar surface area (TPSA) is 576 Å². The van der Waals surface area contributed by atoms with E-state index in [1.54, 1.807) is 23.6 Å². The lowest BCUT2D eigenvalue weighted by Gasteiger charge is -2.49. The van der Waals surface area contributed by atoms with Gasteiger partial charge in [-0.2, -0.15) is 0 Å². The third-order valence-corrected chi connectivity index (χ3v) is 28.6. The lowest BCUT2D eigenvalue weighted by atomic mass is 9.74. The first-order valence-corrected chi connectivity index (χ1v) is 49.7. The molecular weight excluding hydrogens is 1790 g/mol. The summed E-state index contributed by atoms with van der Waals surface area (Å²) in [6, 6.07) is -1.26. The number of amides is 6. The highest BCUT2D eigenvalue weighted by atomic mass is 16.7. The number of carbonyl (C=O) groups excluding carboxylic acids is 7. The van der Waals surface area contributed by atoms with Crippen molar-refractivity contribution in [1.29, 1.82) is 0 Å². The number of aromatic nitrogens is 6. The molecule has 772 valence electrons. The van der Waals surface area contributed by atoms with Crippen LogP contribution in [0, 0.1) is 41.4 Å². The van der Waals surface area contributed by atoms with Crippen molar-refractivity contribution in [1.82, 2.24) is 61.1 Å². The molecule has 10 fully saturated rings. The monoisotopic (exact) mass is 1940 g/mol. The van der Waals surface area contributed by atoms with Gasteiger partial charge in [0.2, 0.25) is 11.8 Å². The SMILES string of the molecule is CC[C@H]1C[C@@H](C(=O)NCCNC(=O)c2cn(CCOCCOCCOCCOCCOCCn3cc(C(=O)NCCCC(=O)[C@@H]4C[C@H](CC)[C@@H](O[C@@H]5O[C@@H](C)[C@@H](O)[C@@H](O)[C@@H]5O)[C@H](O[C@@H]5O[C@H](CO)[C@H](O)[C@H](O[C@@H](CC6CCCCC6)C(=O)N6CCC6)[C@H]5NC(C)=O)C4)nn3)nn2)C[C@@H](OC2O[C@H](CO)[C@H](O)[C@H](O[C@@H](CC3CCCCC3)C(=O)N3CCC3)[C@H]2C)[C@@H]1OC1O[C@@H](C)[C@@H](O)[C@@H](O)[C@@H]1O. The summed E-state index contributed by atoms with van der Waals surface area (Å²) in [5, 5.41) is 138. The predicted molar refractivity (Wildman–Crippen MR) is 476 cm³/mol. The lowest BCUT2D eigenvalue weighted by Crippen LogP contribution is -2.67. The predicted octanol–water partition coefficient (Wildman–Crippen LogP) is -1.14. The number of nitrogens with one attached hydrogen (secondary N) is 4. The number of ether oxygens (including phenoxy) is 15. The van der Waals surface area contributed by atoms with Crippen LogP contribution in [0.25, 0.3) is 0 Å². The molecule has 12 rings (SSSR count). The third-order valence-electron chi connectivity index (χ3n) is 28.6. The van der Waals surface area contributed by atoms with E-state index in [4.69, 9.17) is 71.1 Å². The molecular formula is C92H152N12O32. The molecule has 14 N–H and O–H groups in total. The number of rotatable bonds is 52. The van der Waals surface area contributed by atoms with Crippen molar-refractivity contribution >= 4 is 41.2 Å². The summed E-state index contributed by atoms with van der Waals surface area (Å²) in [6.07, 6.45) is -12.3. The van der Waals surface area contributed by atoms with Gasteiger partial charge in [-0.15, -0.1) is 10.2 Å². The first kappa shape index (κ1) is 109. The van der Waals surface area contributed by atoms with E-state index in [1.807, 2.05) is 13.8 Å². The number of Topliss-reactive ketones (excluding diaryl/α,β-unsaturated/α-hetero) is 1. The first-order chi connectivity index (χ1) is 65.6. The molecule has 6 amide bonds. The molecule has 10 aliphatic rings. The van der Waals surface area contributed by atoms with Crippen LogP contribution >= 0.6 is 0 Å². The highest BCUT2D eigenvalue weighted by Crippen LogP contribution is 2.45. The average molecular weight is 1940 g/mol. The van der Waals surface area contributed by atoms with E-state index >= 15 is 0 Å². The third kappa shape index (κ3) is 30.0. The zero-order valence-corrected chi connectivity index (χ0v) is 79.6. The zero-order valence-electron chi connectivity index (χ0n) is 79.6. The van der Waals surface area contributed by atoms with Crippen LogP contribution in [0.4, 0.5) is 0 Å². The lowest BCUT2D eigenvalue weighted by molar-refractivity contribution is -0.343. The van der Waals surface area contributed by atoms with Crippen LogP contribution in [-0.2, 0) is 108 Å². The number of hydrogen-bond donors (Lipinski definition) is 14. The van der Waals surface area contributed by atoms with Gasteiger partial charge in [-0.25, -0.2) is 9.36 Å². The minimum atomic E-state index is -1.68. The van der Waals surface area contributed by atoms with Gasteiger partial charge in [0.1, 0.15) is 91.2 Å². The molecule has 2 aromatic rings. The zero-order chi connectivity index (χ0) is 97.1. The number of aliphatic hydroxyl groups excluding tert-OH is 10. The molecule has 0 aromatic carbocycles. The average Bonchev–Trinajstić information content (AvgIpc) is 0.846. The van der Waals surface area contributed by atoms with Crippen molar-refractivity contribution in [2.45, 2.75) is 349 Å². The van der Waals surface area contributed by atoms with Crippen LogP contribution in [0.1, 0.15) is 204 Å². The van der Waals surface area contributed by atoms with E-state index in [2.05, 4.69) is 41.9 Å². The van der Waals surface area contributed by atoms with Gasteiger partial charge in [0, 0.05) is 76.9 Å². The molecule has 6 aliphatic heterocycles. The van der Waals surface area contributed by atoms with Crippen molar-refractivity contribution in [3.63, 3.8) is 0 Å². The van der Waals surface area contributed by atoms with E-state index < -0.39 is 214 Å². The number of ketones is 1. The second kappa shape index (κ2) is 54.3. The van der Waals surface area contributed by atoms with E-state index in [1.165, 1.54) is 35.6 Å². The molecule has 6 saturated heterocycles. The van der Waals surface area contributed by atoms with Gasteiger partial charge in [-0.05, 0) is 95.3 Å². The second-order valence-electron chi connectivity index (χ2n) is 38.3. The second-order valence-corrected chi connectivity index (χ2v) is 38.3. The maximum Gasteiger partial charge on any atom is 0.273 e. The Bertz CT molecular complexity index is 3960. The van der Waals surface area contributed by atoms with E-state index in [9.17, 15) is 84.6 Å². The number of nitrogens with zero attached hydrogens (tertiary/aromatic N) is 8. The first-order valence-electron chi connectivity index (χ1n) is 49.7. The normalized spacial score (nSPS) is 34.1. The molecule has 4 saturated carbocycles. The Labute approximate surface area is 794 Å². The smallest absolute Gasteiger partial charge is 0.273 e. The van der Waals surface area contributed by atoms with E-state index in [-0.39, 0.29) is 118 Å². The molecule has 0 bridgehead atoms. The van der Waals surface area contributed by atoms with Gasteiger partial charge in [0.25, 0.3) is 23.6 Å². The summed E-state index contributed by atoms with van der Waals surface area (Å²) in [5.41, 5.74) is 0.113. The Balaban J connectivity index is 0.507. The van der Waals surface area contributed by atoms with Crippen molar-refractivity contribution in [2.24, 2.45) is 41.4 Å². The summed E-state index contributed by atoms with van der Waals surface area (Å²) >= 11 is 0. The van der Waals surface area contributed by atoms with Gasteiger partial charge in [0.15, 0.2) is 36.5 Å². The molecule has 4 aliphatic carbocycles. The molecule has 0 spiro atoms. The van der Waals surface area contributed by atoms with Crippen LogP contribution in [0.2, 0.25) is 0 Å². The van der Waals surface area contributed by atoms with Crippen molar-refractivity contribution in [3.8, 4) is 0 Å². The van der Waals surface area contributed by atoms with Gasteiger partial charge in [-0.1, -0.05) is 108 Å². The fraction of sp³-hybridized carbons (Fsp3) is 0.880. The van der Waals surface area contributed by atoms with Crippen molar-refractivity contribution < 1.29 is 156 Å². The van der Waals surface area contributed by atoms with Crippen molar-refractivity contribution in [3.05, 3.63) is 23.8 Å². The number of aliphatic hydroxyl groups is 10. The number of hydrogen-bond acceptors (Lipinski definition) is 36. The van der Waals surface area contributed by atoms with Crippen LogP contribution in [0.3, 0.4) is 0 Å². The van der Waals surface area contributed by atoms with Gasteiger partial charge in [-0.3, -0.25) is 33.6 Å². The molecule has 8 heterocycles. The van der Waals surface area contributed by atoms with E-state index in [0.717, 1.165) is 77.0 Å². The Kier molecular flexibility index (Phi) is 43.4. The summed E-state index contributed by atoms with van der Waals surface area (Å²) in [6.45, 7) is 14.7. The Morgan fingerprint density at radius 1 is 0.456 bits per heavy atom. The Morgan fingerprint density at radius 2 is 0.875 bits per heavy atom. The fourth-order valence-corrected chi connectivity index (χ4v) is 20.2. The van der Waals surface area contributed by atoms with Crippen LogP contribution < -0.4 is 21.3 Å². The molecule has 2 aromatic heterocycles. The van der Waals surface area contributed by atoms with Crippen LogP contribution in [0.15, 0.2) is 12.4 Å². The maximum absolute atomic E-state index is 14.4. The van der Waals surface area contributed by atoms with Gasteiger partial charge >= 0.3 is 0 Å². The summed E-state index contributed by atoms with van der Waals surface area (Å²) in [5.74, 6) is -4.78. The molecule has 136 heavy (non-hydrogen) atoms. The summed E-state index contributed by atoms with van der Waals surface area (Å²) < 4.78 is 95.9. The van der Waals surface area contributed by atoms with Crippen molar-refractivity contribution in [2.75, 3.05) is 125 Å². The minimum absolute atomic E-state index is 0.0223. The largest absolute Gasteiger partial charge is 0.394 e. The quantitative estimate of drug-likeness (QED) is 0.0348. The molecule has 0 radical (unpaired) electrons. The van der Waals surface area contributed by atoms with Gasteiger partial charge in [0.05, 0.1) is 147 Å². The van der Waals surface area contributed by atoms with E-state index in [0.29, 0.717) is 117 Å². The summed E-state index contributed by atoms with van der Waals surface area (Å²) in [4.78, 5) is 99.8. The molecule has 44 heteroatoms. The van der Waals surface area contributed by atoms with Crippen LogP contribution in [0.5, 0.6) is 0 Å². The van der Waals surface area contributed by atoms with Crippen LogP contribution in [-0.4, -0.2) is 410 Å². The number of carbonyl (C=O) groups is 7. The molecule has 2 unspecified atom stereocenters. The number of likely N-dealkylation sites (tertiary alicyclic amines) is 2. The Morgan fingerprint density at radius 3 is 1.32 bits per heavy atom. The highest BCUT2D eigenvalue weighted by Gasteiger charge is 2.56. The van der Waals surface area contributed by atoms with Gasteiger partial charge < -0.3 is 153 Å². The maximum atomic E-state index is 14.4.